The van der Waals surface area contributed by atoms with Crippen LogP contribution in [0.3, 0.4) is 0 Å². The van der Waals surface area contributed by atoms with Gasteiger partial charge in [-0.05, 0) is 49.9 Å². The van der Waals surface area contributed by atoms with E-state index in [2.05, 4.69) is 19.2 Å². The smallest absolute Gasteiger partial charge is 0.223 e. The van der Waals surface area contributed by atoms with E-state index in [1.165, 1.54) is 11.1 Å². The largest absolute Gasteiger partial charge is 0.493 e. The van der Waals surface area contributed by atoms with Crippen LogP contribution in [0.4, 0.5) is 0 Å². The van der Waals surface area contributed by atoms with E-state index < -0.39 is 0 Å². The van der Waals surface area contributed by atoms with Crippen LogP contribution in [-0.2, 0) is 4.79 Å². The Morgan fingerprint density at radius 2 is 2.00 bits per heavy atom. The molecule has 0 spiro atoms. The first-order chi connectivity index (χ1) is 10.0. The van der Waals surface area contributed by atoms with Gasteiger partial charge in [-0.3, -0.25) is 4.79 Å². The average molecular weight is 290 g/mol. The van der Waals surface area contributed by atoms with E-state index >= 15 is 0 Å². The van der Waals surface area contributed by atoms with Gasteiger partial charge in [-0.1, -0.05) is 18.9 Å². The van der Waals surface area contributed by atoms with Crippen LogP contribution in [0.5, 0.6) is 5.75 Å². The molecule has 1 aliphatic rings. The summed E-state index contributed by atoms with van der Waals surface area (Å²) in [6.45, 7) is 5.05. The molecule has 116 valence electrons. The number of hydrogen-bond donors (Lipinski definition) is 2. The molecule has 4 heteroatoms. The third-order valence-electron chi connectivity index (χ3n) is 4.43. The first-order valence-electron chi connectivity index (χ1n) is 7.76. The van der Waals surface area contributed by atoms with E-state index in [1.54, 1.807) is 0 Å². The zero-order valence-electron chi connectivity index (χ0n) is 13.1. The van der Waals surface area contributed by atoms with Crippen LogP contribution in [0.2, 0.25) is 0 Å². The Labute approximate surface area is 127 Å². The number of aryl methyl sites for hydroxylation is 2. The molecule has 0 unspecified atom stereocenters. The fourth-order valence-electron chi connectivity index (χ4n) is 2.86. The molecule has 0 aliphatic heterocycles. The van der Waals surface area contributed by atoms with E-state index in [9.17, 15) is 4.79 Å². The highest BCUT2D eigenvalue weighted by atomic mass is 16.5. The molecule has 0 aromatic heterocycles. The van der Waals surface area contributed by atoms with Crippen LogP contribution >= 0.6 is 0 Å². The highest BCUT2D eigenvalue weighted by Gasteiger charge is 2.33. The molecule has 21 heavy (non-hydrogen) atoms. The maximum atomic E-state index is 12.0. The van der Waals surface area contributed by atoms with E-state index in [4.69, 9.17) is 10.5 Å². The molecule has 1 amide bonds. The third-order valence-corrected chi connectivity index (χ3v) is 4.43. The minimum atomic E-state index is -0.169. The van der Waals surface area contributed by atoms with Crippen LogP contribution in [0, 0.1) is 13.8 Å². The van der Waals surface area contributed by atoms with Crippen molar-refractivity contribution in [2.45, 2.75) is 51.5 Å². The zero-order valence-corrected chi connectivity index (χ0v) is 13.1. The Morgan fingerprint density at radius 3 is 2.62 bits per heavy atom. The van der Waals surface area contributed by atoms with Crippen molar-refractivity contribution in [1.82, 2.24) is 5.32 Å². The molecule has 0 heterocycles. The summed E-state index contributed by atoms with van der Waals surface area (Å²) in [5.41, 5.74) is 8.09. The molecule has 0 saturated heterocycles. The second-order valence-corrected chi connectivity index (χ2v) is 6.08. The molecule has 1 aliphatic carbocycles. The van der Waals surface area contributed by atoms with Gasteiger partial charge in [0.1, 0.15) is 5.75 Å². The second kappa shape index (κ2) is 6.94. The van der Waals surface area contributed by atoms with Gasteiger partial charge in [0, 0.05) is 6.54 Å². The van der Waals surface area contributed by atoms with Crippen LogP contribution in [-0.4, -0.2) is 24.6 Å². The Bertz CT molecular complexity index is 494. The number of amides is 1. The maximum absolute atomic E-state index is 12.0. The van der Waals surface area contributed by atoms with Crippen LogP contribution in [0.25, 0.3) is 0 Å². The van der Waals surface area contributed by atoms with E-state index in [0.29, 0.717) is 19.6 Å². The lowest BCUT2D eigenvalue weighted by molar-refractivity contribution is -0.123. The van der Waals surface area contributed by atoms with Gasteiger partial charge in [0.05, 0.1) is 18.6 Å². The first-order valence-corrected chi connectivity index (χ1v) is 7.76. The van der Waals surface area contributed by atoms with Gasteiger partial charge < -0.3 is 15.8 Å². The van der Waals surface area contributed by atoms with Gasteiger partial charge in [0.2, 0.25) is 5.91 Å². The lowest BCUT2D eigenvalue weighted by atomic mass is 9.98. The Hall–Kier alpha value is -1.55. The molecule has 2 rings (SSSR count). The van der Waals surface area contributed by atoms with Crippen molar-refractivity contribution in [3.8, 4) is 5.75 Å². The van der Waals surface area contributed by atoms with Crippen molar-refractivity contribution >= 4 is 5.91 Å². The predicted molar refractivity (Wildman–Crippen MR) is 84.4 cm³/mol. The standard InChI is InChI=1S/C17H26N2O2/c1-13-5-6-15(11-14(13)2)21-10-7-16(20)19-17(12-18)8-3-4-9-17/h5-6,11H,3-4,7-10,12,18H2,1-2H3,(H,19,20). The van der Waals surface area contributed by atoms with Crippen LogP contribution in [0.1, 0.15) is 43.2 Å². The van der Waals surface area contributed by atoms with Gasteiger partial charge in [0.25, 0.3) is 0 Å². The number of ether oxygens (including phenoxy) is 1. The quantitative estimate of drug-likeness (QED) is 0.846. The molecule has 0 atom stereocenters. The minimum Gasteiger partial charge on any atom is -0.493 e. The fraction of sp³-hybridized carbons (Fsp3) is 0.588. The van der Waals surface area contributed by atoms with E-state index in [-0.39, 0.29) is 11.4 Å². The maximum Gasteiger partial charge on any atom is 0.223 e. The fourth-order valence-corrected chi connectivity index (χ4v) is 2.86. The van der Waals surface area contributed by atoms with Gasteiger partial charge in [-0.2, -0.15) is 0 Å². The first kappa shape index (κ1) is 15.8. The molecule has 1 saturated carbocycles. The Balaban J connectivity index is 1.77. The van der Waals surface area contributed by atoms with Crippen molar-refractivity contribution in [2.75, 3.05) is 13.2 Å². The normalized spacial score (nSPS) is 16.7. The summed E-state index contributed by atoms with van der Waals surface area (Å²) in [4.78, 5) is 12.0. The summed E-state index contributed by atoms with van der Waals surface area (Å²) < 4.78 is 5.65. The van der Waals surface area contributed by atoms with Gasteiger partial charge in [0.15, 0.2) is 0 Å². The summed E-state index contributed by atoms with van der Waals surface area (Å²) in [6, 6.07) is 5.98. The number of nitrogens with two attached hydrogens (primary N) is 1. The van der Waals surface area contributed by atoms with Crippen molar-refractivity contribution in [3.63, 3.8) is 0 Å². The molecule has 1 aromatic carbocycles. The van der Waals surface area contributed by atoms with Crippen molar-refractivity contribution in [1.29, 1.82) is 0 Å². The molecular weight excluding hydrogens is 264 g/mol. The monoisotopic (exact) mass is 290 g/mol. The van der Waals surface area contributed by atoms with E-state index in [0.717, 1.165) is 31.4 Å². The molecule has 1 aromatic rings. The summed E-state index contributed by atoms with van der Waals surface area (Å²) >= 11 is 0. The number of benzene rings is 1. The molecule has 3 N–H and O–H groups in total. The SMILES string of the molecule is Cc1ccc(OCCC(=O)NC2(CN)CCCC2)cc1C. The Kier molecular flexibility index (Phi) is 5.23. The third kappa shape index (κ3) is 4.21. The minimum absolute atomic E-state index is 0.0335. The van der Waals surface area contributed by atoms with Gasteiger partial charge in [-0.25, -0.2) is 0 Å². The highest BCUT2D eigenvalue weighted by molar-refractivity contribution is 5.77. The second-order valence-electron chi connectivity index (χ2n) is 6.08. The van der Waals surface area contributed by atoms with Crippen molar-refractivity contribution in [2.24, 2.45) is 5.73 Å². The molecule has 0 radical (unpaired) electrons. The number of nitrogens with one attached hydrogen (secondary N) is 1. The summed E-state index contributed by atoms with van der Waals surface area (Å²) in [5, 5.41) is 3.10. The van der Waals surface area contributed by atoms with Crippen molar-refractivity contribution in [3.05, 3.63) is 29.3 Å². The molecule has 4 nitrogen and oxygen atoms in total. The van der Waals surface area contributed by atoms with Crippen LogP contribution < -0.4 is 15.8 Å². The lowest BCUT2D eigenvalue weighted by Crippen LogP contribution is -2.51. The number of hydrogen-bond acceptors (Lipinski definition) is 3. The number of carbonyl (C=O) groups is 1. The average Bonchev–Trinajstić information content (AvgIpc) is 2.92. The summed E-state index contributed by atoms with van der Waals surface area (Å²) in [5.74, 6) is 0.853. The van der Waals surface area contributed by atoms with Gasteiger partial charge in [-0.15, -0.1) is 0 Å². The predicted octanol–water partition coefficient (Wildman–Crippen LogP) is 2.46. The molecular formula is C17H26N2O2. The summed E-state index contributed by atoms with van der Waals surface area (Å²) in [6.07, 6.45) is 4.66. The molecule has 0 bridgehead atoms. The lowest BCUT2D eigenvalue weighted by Gasteiger charge is -2.28. The zero-order chi connectivity index (χ0) is 15.3. The van der Waals surface area contributed by atoms with E-state index in [1.807, 2.05) is 18.2 Å². The van der Waals surface area contributed by atoms with Gasteiger partial charge >= 0.3 is 0 Å². The summed E-state index contributed by atoms with van der Waals surface area (Å²) in [7, 11) is 0. The topological polar surface area (TPSA) is 64.3 Å². The molecule has 1 fully saturated rings. The highest BCUT2D eigenvalue weighted by Crippen LogP contribution is 2.28. The van der Waals surface area contributed by atoms with Crippen molar-refractivity contribution < 1.29 is 9.53 Å². The van der Waals surface area contributed by atoms with Crippen LogP contribution in [0.15, 0.2) is 18.2 Å². The Morgan fingerprint density at radius 1 is 1.29 bits per heavy atom. The number of carbonyl (C=O) groups excluding carboxylic acids is 1. The number of rotatable bonds is 6.